The lowest BCUT2D eigenvalue weighted by molar-refractivity contribution is -0.101. The van der Waals surface area contributed by atoms with Crippen LogP contribution in [-0.2, 0) is 0 Å². The summed E-state index contributed by atoms with van der Waals surface area (Å²) in [5.41, 5.74) is -0.0974. The summed E-state index contributed by atoms with van der Waals surface area (Å²) in [5, 5.41) is 2.01. The molecule has 13 heavy (non-hydrogen) atoms. The topological polar surface area (TPSA) is 14.1 Å². The van der Waals surface area contributed by atoms with Crippen LogP contribution in [0.2, 0.25) is 0 Å². The molecule has 0 bridgehead atoms. The Morgan fingerprint density at radius 2 is 1.62 bits per heavy atom. The fourth-order valence-electron chi connectivity index (χ4n) is 0.815. The maximum atomic E-state index is 12.7. The van der Waals surface area contributed by atoms with Crippen molar-refractivity contribution in [3.63, 3.8) is 0 Å². The summed E-state index contributed by atoms with van der Waals surface area (Å²) in [6, 6.07) is 6.99. The first kappa shape index (κ1) is 9.98. The minimum absolute atomic E-state index is 0.0974. The highest BCUT2D eigenvalue weighted by Crippen LogP contribution is 2.34. The van der Waals surface area contributed by atoms with E-state index >= 15 is 0 Å². The lowest BCUT2D eigenvalue weighted by Crippen LogP contribution is -2.08. The smallest absolute Gasteiger partial charge is 0.314 e. The Morgan fingerprint density at radius 1 is 1.08 bits per heavy atom. The van der Waals surface area contributed by atoms with E-state index in [9.17, 15) is 17.6 Å². The molecule has 0 aliphatic carbocycles. The second-order valence-corrected chi connectivity index (χ2v) is 2.34. The standard InChI is InChI=1S/C8H6F4N/c9-7(13-8(10,11)12)6-4-2-1-3-5-6/h1-5,7H/q-1. The van der Waals surface area contributed by atoms with E-state index in [1.807, 2.05) is 5.32 Å². The van der Waals surface area contributed by atoms with Gasteiger partial charge in [0.25, 0.3) is 0 Å². The third kappa shape index (κ3) is 3.42. The molecule has 1 rings (SSSR count). The summed E-state index contributed by atoms with van der Waals surface area (Å²) in [5.74, 6) is 0. The van der Waals surface area contributed by atoms with Gasteiger partial charge in [-0.3, -0.25) is 4.39 Å². The molecule has 0 heterocycles. The summed E-state index contributed by atoms with van der Waals surface area (Å²) >= 11 is 0. The molecule has 0 saturated carbocycles. The van der Waals surface area contributed by atoms with Crippen LogP contribution < -0.4 is 0 Å². The van der Waals surface area contributed by atoms with Gasteiger partial charge < -0.3 is 5.32 Å². The molecule has 0 radical (unpaired) electrons. The summed E-state index contributed by atoms with van der Waals surface area (Å²) in [6.07, 6.45) is -7.16. The average Bonchev–Trinajstić information content (AvgIpc) is 2.03. The molecule has 1 atom stereocenters. The van der Waals surface area contributed by atoms with Gasteiger partial charge in [-0.1, -0.05) is 30.3 Å². The third-order valence-electron chi connectivity index (χ3n) is 1.33. The monoisotopic (exact) mass is 192 g/mol. The number of hydrogen-bond donors (Lipinski definition) is 0. The second kappa shape index (κ2) is 3.74. The lowest BCUT2D eigenvalue weighted by Gasteiger charge is -2.27. The molecule has 0 amide bonds. The van der Waals surface area contributed by atoms with Crippen molar-refractivity contribution in [2.24, 2.45) is 0 Å². The molecule has 0 N–H and O–H groups in total. The highest BCUT2D eigenvalue weighted by molar-refractivity contribution is 5.21. The zero-order valence-electron chi connectivity index (χ0n) is 6.42. The van der Waals surface area contributed by atoms with E-state index in [1.165, 1.54) is 24.3 Å². The largest absolute Gasteiger partial charge is 0.536 e. The molecular formula is C8H6F4N-. The number of halogens is 4. The lowest BCUT2D eigenvalue weighted by atomic mass is 10.2. The van der Waals surface area contributed by atoms with E-state index in [1.54, 1.807) is 6.07 Å². The Hall–Kier alpha value is -1.10. The second-order valence-electron chi connectivity index (χ2n) is 2.34. The maximum Gasteiger partial charge on any atom is 0.314 e. The van der Waals surface area contributed by atoms with Crippen LogP contribution in [0.15, 0.2) is 30.3 Å². The molecule has 0 aliphatic rings. The van der Waals surface area contributed by atoms with Crippen LogP contribution in [0.3, 0.4) is 0 Å². The van der Waals surface area contributed by atoms with Crippen LogP contribution in [0.1, 0.15) is 11.9 Å². The Bertz CT molecular complexity index is 257. The predicted octanol–water partition coefficient (Wildman–Crippen LogP) is 3.55. The Morgan fingerprint density at radius 3 is 2.08 bits per heavy atom. The highest BCUT2D eigenvalue weighted by Gasteiger charge is 2.17. The number of benzene rings is 1. The van der Waals surface area contributed by atoms with Crippen LogP contribution >= 0.6 is 0 Å². The van der Waals surface area contributed by atoms with Gasteiger partial charge in [0.15, 0.2) is 0 Å². The van der Waals surface area contributed by atoms with Crippen molar-refractivity contribution in [1.82, 2.24) is 0 Å². The molecular weight excluding hydrogens is 186 g/mol. The van der Waals surface area contributed by atoms with Crippen molar-refractivity contribution >= 4 is 0 Å². The summed E-state index contributed by atoms with van der Waals surface area (Å²) in [7, 11) is 0. The average molecular weight is 192 g/mol. The minimum atomic E-state index is -4.82. The van der Waals surface area contributed by atoms with Gasteiger partial charge in [0.1, 0.15) is 0 Å². The number of nitrogens with zero attached hydrogens (tertiary/aromatic N) is 1. The van der Waals surface area contributed by atoms with Crippen molar-refractivity contribution in [1.29, 1.82) is 0 Å². The van der Waals surface area contributed by atoms with Crippen LogP contribution in [-0.4, -0.2) is 6.30 Å². The van der Waals surface area contributed by atoms with Crippen LogP contribution in [0.4, 0.5) is 17.6 Å². The zero-order valence-corrected chi connectivity index (χ0v) is 6.42. The van der Waals surface area contributed by atoms with E-state index in [0.717, 1.165) is 0 Å². The van der Waals surface area contributed by atoms with Crippen LogP contribution in [0.25, 0.3) is 5.32 Å². The molecule has 72 valence electrons. The molecule has 1 unspecified atom stereocenters. The number of hydrogen-bond acceptors (Lipinski definition) is 0. The predicted molar refractivity (Wildman–Crippen MR) is 39.7 cm³/mol. The van der Waals surface area contributed by atoms with Gasteiger partial charge in [-0.25, -0.2) is 0 Å². The molecule has 1 aromatic carbocycles. The third-order valence-corrected chi connectivity index (χ3v) is 1.33. The maximum absolute atomic E-state index is 12.7. The summed E-state index contributed by atoms with van der Waals surface area (Å²) in [6.45, 7) is 0. The SMILES string of the molecule is FC([N-]C(F)(F)F)c1ccccc1. The molecule has 1 nitrogen and oxygen atoms in total. The highest BCUT2D eigenvalue weighted by atomic mass is 19.4. The van der Waals surface area contributed by atoms with Crippen molar-refractivity contribution < 1.29 is 17.6 Å². The van der Waals surface area contributed by atoms with Crippen LogP contribution in [0.5, 0.6) is 0 Å². The minimum Gasteiger partial charge on any atom is -0.536 e. The fourth-order valence-corrected chi connectivity index (χ4v) is 0.815. The van der Waals surface area contributed by atoms with E-state index in [4.69, 9.17) is 0 Å². The summed E-state index contributed by atoms with van der Waals surface area (Å²) < 4.78 is 47.5. The quantitative estimate of drug-likeness (QED) is 0.502. The van der Waals surface area contributed by atoms with Gasteiger partial charge in [0.05, 0.1) is 0 Å². The Balaban J connectivity index is 2.64. The summed E-state index contributed by atoms with van der Waals surface area (Å²) in [4.78, 5) is 0. The van der Waals surface area contributed by atoms with Gasteiger partial charge in [-0.2, -0.15) is 13.2 Å². The van der Waals surface area contributed by atoms with Crippen LogP contribution in [0, 0.1) is 0 Å². The molecule has 1 aromatic rings. The van der Waals surface area contributed by atoms with Crippen molar-refractivity contribution in [3.05, 3.63) is 41.2 Å². The molecule has 0 aliphatic heterocycles. The number of alkyl halides is 4. The van der Waals surface area contributed by atoms with Gasteiger partial charge in [0, 0.05) is 6.30 Å². The molecule has 0 spiro atoms. The first-order valence-electron chi connectivity index (χ1n) is 3.47. The van der Waals surface area contributed by atoms with E-state index in [-0.39, 0.29) is 5.56 Å². The number of rotatable bonds is 2. The first-order chi connectivity index (χ1) is 5.99. The first-order valence-corrected chi connectivity index (χ1v) is 3.47. The molecule has 0 aromatic heterocycles. The van der Waals surface area contributed by atoms with Crippen molar-refractivity contribution in [2.45, 2.75) is 12.6 Å². The Labute approximate surface area is 72.4 Å². The Kier molecular flexibility index (Phi) is 2.87. The van der Waals surface area contributed by atoms with Crippen molar-refractivity contribution in [2.75, 3.05) is 0 Å². The van der Waals surface area contributed by atoms with E-state index in [2.05, 4.69) is 0 Å². The molecule has 5 heteroatoms. The van der Waals surface area contributed by atoms with Gasteiger partial charge in [0.2, 0.25) is 0 Å². The van der Waals surface area contributed by atoms with Crippen molar-refractivity contribution in [3.8, 4) is 0 Å². The normalized spacial score (nSPS) is 14.2. The molecule has 0 fully saturated rings. The van der Waals surface area contributed by atoms with Gasteiger partial charge >= 0.3 is 6.30 Å². The zero-order chi connectivity index (χ0) is 9.90. The van der Waals surface area contributed by atoms with E-state index < -0.39 is 12.6 Å². The van der Waals surface area contributed by atoms with E-state index in [0.29, 0.717) is 0 Å². The fraction of sp³-hybridized carbons (Fsp3) is 0.250. The van der Waals surface area contributed by atoms with Gasteiger partial charge in [-0.15, -0.1) is 0 Å². The van der Waals surface area contributed by atoms with Gasteiger partial charge in [-0.05, 0) is 5.56 Å². The molecule has 0 saturated heterocycles.